The first kappa shape index (κ1) is 22.5. The third-order valence-corrected chi connectivity index (χ3v) is 6.58. The second-order valence-corrected chi connectivity index (χ2v) is 8.57. The van der Waals surface area contributed by atoms with E-state index in [1.165, 1.54) is 7.11 Å². The van der Waals surface area contributed by atoms with Crippen LogP contribution in [0.2, 0.25) is 0 Å². The van der Waals surface area contributed by atoms with Gasteiger partial charge in [-0.3, -0.25) is 9.59 Å². The number of rotatable bonds is 7. The zero-order valence-corrected chi connectivity index (χ0v) is 18.8. The number of thiazole rings is 1. The number of nitrogens with zero attached hydrogens (tertiary/aromatic N) is 3. The highest BCUT2D eigenvalue weighted by molar-refractivity contribution is 7.17. The van der Waals surface area contributed by atoms with Crippen LogP contribution < -0.4 is 4.90 Å². The van der Waals surface area contributed by atoms with Gasteiger partial charge >= 0.3 is 11.9 Å². The van der Waals surface area contributed by atoms with Crippen LogP contribution >= 0.6 is 11.3 Å². The van der Waals surface area contributed by atoms with Gasteiger partial charge < -0.3 is 19.6 Å². The second-order valence-electron chi connectivity index (χ2n) is 7.60. The third kappa shape index (κ3) is 4.88. The van der Waals surface area contributed by atoms with Gasteiger partial charge in [-0.1, -0.05) is 47.7 Å². The molecule has 1 aromatic heterocycles. The minimum Gasteiger partial charge on any atom is -0.477 e. The van der Waals surface area contributed by atoms with Gasteiger partial charge in [-0.25, -0.2) is 9.78 Å². The van der Waals surface area contributed by atoms with E-state index < -0.39 is 11.9 Å². The summed E-state index contributed by atoms with van der Waals surface area (Å²) < 4.78 is 4.70. The van der Waals surface area contributed by atoms with Crippen LogP contribution in [0.1, 0.15) is 32.1 Å². The van der Waals surface area contributed by atoms with Crippen molar-refractivity contribution in [2.24, 2.45) is 0 Å². The number of aromatic nitrogens is 1. The first-order valence-electron chi connectivity index (χ1n) is 10.5. The Hall–Kier alpha value is -3.72. The number of hydrogen-bond acceptors (Lipinski definition) is 7. The van der Waals surface area contributed by atoms with Crippen molar-refractivity contribution < 1.29 is 24.2 Å². The molecular formula is C24H23N3O5S. The van der Waals surface area contributed by atoms with Crippen molar-refractivity contribution in [2.45, 2.75) is 18.9 Å². The molecule has 33 heavy (non-hydrogen) atoms. The van der Waals surface area contributed by atoms with Gasteiger partial charge in [0.15, 0.2) is 5.13 Å². The maximum Gasteiger partial charge on any atom is 0.347 e. The summed E-state index contributed by atoms with van der Waals surface area (Å²) >= 11 is 1.02. The van der Waals surface area contributed by atoms with Crippen molar-refractivity contribution in [3.63, 3.8) is 0 Å². The number of amides is 1. The number of ether oxygens (including phenoxy) is 1. The molecule has 0 saturated carbocycles. The van der Waals surface area contributed by atoms with Crippen LogP contribution in [-0.4, -0.2) is 59.1 Å². The second kappa shape index (κ2) is 9.83. The van der Waals surface area contributed by atoms with Crippen LogP contribution in [0.4, 0.5) is 10.8 Å². The van der Waals surface area contributed by atoms with Gasteiger partial charge in [0, 0.05) is 24.3 Å². The van der Waals surface area contributed by atoms with Crippen LogP contribution in [0.25, 0.3) is 0 Å². The smallest absolute Gasteiger partial charge is 0.347 e. The van der Waals surface area contributed by atoms with E-state index >= 15 is 0 Å². The summed E-state index contributed by atoms with van der Waals surface area (Å²) in [7, 11) is 1.25. The molecule has 0 bridgehead atoms. The van der Waals surface area contributed by atoms with Gasteiger partial charge in [0.25, 0.3) is 5.91 Å². The first-order valence-corrected chi connectivity index (χ1v) is 11.3. The molecular weight excluding hydrogens is 442 g/mol. The van der Waals surface area contributed by atoms with Gasteiger partial charge in [-0.05, 0) is 30.7 Å². The van der Waals surface area contributed by atoms with E-state index in [0.29, 0.717) is 30.2 Å². The van der Waals surface area contributed by atoms with Crippen LogP contribution in [0.15, 0.2) is 60.7 Å². The summed E-state index contributed by atoms with van der Waals surface area (Å²) in [6.07, 6.45) is 0.475. The monoisotopic (exact) mass is 465 g/mol. The van der Waals surface area contributed by atoms with Crippen molar-refractivity contribution in [2.75, 3.05) is 25.1 Å². The number of esters is 1. The number of aromatic carboxylic acids is 1. The molecule has 0 aliphatic carbocycles. The standard InChI is InChI=1S/C24H23N3O5S/c1-32-20(28)14-19-21(23(30)31)33-24(25-19)27(17-10-6-3-7-11-17)18-12-13-26(15-18)22(29)16-8-4-2-5-9-16/h2-11,18H,12-15H2,1H3,(H,30,31). The van der Waals surface area contributed by atoms with Crippen LogP contribution in [0.3, 0.4) is 0 Å². The minimum atomic E-state index is -1.14. The molecule has 0 spiro atoms. The van der Waals surface area contributed by atoms with E-state index in [1.54, 1.807) is 17.0 Å². The first-order chi connectivity index (χ1) is 16.0. The minimum absolute atomic E-state index is 0.00606. The summed E-state index contributed by atoms with van der Waals surface area (Å²) in [4.78, 5) is 44.9. The molecule has 1 aliphatic heterocycles. The highest BCUT2D eigenvalue weighted by Gasteiger charge is 2.34. The number of carbonyl (C=O) groups excluding carboxylic acids is 2. The summed E-state index contributed by atoms with van der Waals surface area (Å²) in [6, 6.07) is 18.6. The fourth-order valence-electron chi connectivity index (χ4n) is 3.90. The van der Waals surface area contributed by atoms with Gasteiger partial charge in [0.1, 0.15) is 4.88 Å². The summed E-state index contributed by atoms with van der Waals surface area (Å²) in [5, 5.41) is 10.1. The number of likely N-dealkylation sites (tertiary alicyclic amines) is 1. The SMILES string of the molecule is COC(=O)Cc1nc(N(c2ccccc2)C2CCN(C(=O)c3ccccc3)C2)sc1C(=O)O. The third-order valence-electron chi connectivity index (χ3n) is 5.50. The van der Waals surface area contributed by atoms with Crippen molar-refractivity contribution in [1.29, 1.82) is 0 Å². The number of carbonyl (C=O) groups is 3. The molecule has 2 aromatic carbocycles. The Bertz CT molecular complexity index is 1150. The lowest BCUT2D eigenvalue weighted by Gasteiger charge is -2.29. The normalized spacial score (nSPS) is 15.3. The molecule has 3 aromatic rings. The lowest BCUT2D eigenvalue weighted by molar-refractivity contribution is -0.139. The molecule has 9 heteroatoms. The highest BCUT2D eigenvalue weighted by atomic mass is 32.1. The average Bonchev–Trinajstić information content (AvgIpc) is 3.48. The van der Waals surface area contributed by atoms with E-state index in [0.717, 1.165) is 17.0 Å². The van der Waals surface area contributed by atoms with E-state index in [2.05, 4.69) is 4.98 Å². The molecule has 1 atom stereocenters. The Morgan fingerprint density at radius 3 is 2.42 bits per heavy atom. The highest BCUT2D eigenvalue weighted by Crippen LogP contribution is 2.36. The fraction of sp³-hybridized carbons (Fsp3) is 0.250. The molecule has 1 unspecified atom stereocenters. The number of anilines is 2. The number of benzene rings is 2. The summed E-state index contributed by atoms with van der Waals surface area (Å²) in [6.45, 7) is 1.05. The molecule has 0 radical (unpaired) electrons. The number of carboxylic acid groups (broad SMARTS) is 1. The average molecular weight is 466 g/mol. The van der Waals surface area contributed by atoms with E-state index in [-0.39, 0.29) is 28.9 Å². The Labute approximate surface area is 195 Å². The van der Waals surface area contributed by atoms with Gasteiger partial charge in [0.05, 0.1) is 25.3 Å². The molecule has 4 rings (SSSR count). The molecule has 1 fully saturated rings. The summed E-state index contributed by atoms with van der Waals surface area (Å²) in [5.74, 6) is -1.73. The van der Waals surface area contributed by atoms with Crippen molar-refractivity contribution >= 4 is 40.0 Å². The lowest BCUT2D eigenvalue weighted by Crippen LogP contribution is -2.36. The predicted octanol–water partition coefficient (Wildman–Crippen LogP) is 3.61. The maximum absolute atomic E-state index is 13.0. The Kier molecular flexibility index (Phi) is 6.69. The van der Waals surface area contributed by atoms with Gasteiger partial charge in [0.2, 0.25) is 0 Å². The van der Waals surface area contributed by atoms with E-state index in [9.17, 15) is 19.5 Å². The zero-order chi connectivity index (χ0) is 23.4. The molecule has 170 valence electrons. The Balaban J connectivity index is 1.66. The fourth-order valence-corrected chi connectivity index (χ4v) is 4.92. The number of hydrogen-bond donors (Lipinski definition) is 1. The van der Waals surface area contributed by atoms with Crippen molar-refractivity contribution in [1.82, 2.24) is 9.88 Å². The van der Waals surface area contributed by atoms with E-state index in [1.807, 2.05) is 53.4 Å². The van der Waals surface area contributed by atoms with Crippen LogP contribution in [-0.2, 0) is 16.0 Å². The molecule has 1 saturated heterocycles. The largest absolute Gasteiger partial charge is 0.477 e. The molecule has 8 nitrogen and oxygen atoms in total. The van der Waals surface area contributed by atoms with Gasteiger partial charge in [-0.15, -0.1) is 0 Å². The van der Waals surface area contributed by atoms with Crippen LogP contribution in [0.5, 0.6) is 0 Å². The Morgan fingerprint density at radius 1 is 1.12 bits per heavy atom. The van der Waals surface area contributed by atoms with Gasteiger partial charge in [-0.2, -0.15) is 0 Å². The molecule has 1 N–H and O–H groups in total. The Morgan fingerprint density at radius 2 is 1.79 bits per heavy atom. The van der Waals surface area contributed by atoms with Crippen molar-refractivity contribution in [3.8, 4) is 0 Å². The van der Waals surface area contributed by atoms with Crippen LogP contribution in [0, 0.1) is 0 Å². The van der Waals surface area contributed by atoms with Crippen molar-refractivity contribution in [3.05, 3.63) is 76.8 Å². The number of para-hydroxylation sites is 1. The molecule has 2 heterocycles. The number of carboxylic acids is 1. The molecule has 1 amide bonds. The zero-order valence-electron chi connectivity index (χ0n) is 18.0. The topological polar surface area (TPSA) is 100 Å². The quantitative estimate of drug-likeness (QED) is 0.532. The lowest BCUT2D eigenvalue weighted by atomic mass is 10.2. The summed E-state index contributed by atoms with van der Waals surface area (Å²) in [5.41, 5.74) is 1.64. The maximum atomic E-state index is 13.0. The predicted molar refractivity (Wildman–Crippen MR) is 124 cm³/mol. The number of methoxy groups -OCH3 is 1. The van der Waals surface area contributed by atoms with E-state index in [4.69, 9.17) is 4.74 Å². The molecule has 1 aliphatic rings.